The van der Waals surface area contributed by atoms with E-state index >= 15 is 0 Å². The van der Waals surface area contributed by atoms with Gasteiger partial charge < -0.3 is 14.9 Å². The number of aryl methyl sites for hydroxylation is 2. The minimum Gasteiger partial charge on any atom is -0.497 e. The summed E-state index contributed by atoms with van der Waals surface area (Å²) < 4.78 is 5.27. The molecule has 0 amide bonds. The standard InChI is InChI=1S/C24H31NO4/c1-18-15-21(29-2)11-10-20(18)16-25-14-12-22(26)24(17-25,23(27)28)13-6-9-19-7-4-3-5-8-19/h3-5,7-8,10-11,15,22,26H,6,9,12-14,16-17H2,1-2H3,(H,27,28)/t22-,24+/m0/s1. The van der Waals surface area contributed by atoms with E-state index in [0.29, 0.717) is 32.5 Å². The first kappa shape index (κ1) is 21.3. The van der Waals surface area contributed by atoms with Gasteiger partial charge in [0, 0.05) is 19.6 Å². The number of piperidine rings is 1. The highest BCUT2D eigenvalue weighted by atomic mass is 16.5. The number of benzene rings is 2. The maximum absolute atomic E-state index is 12.3. The molecule has 1 saturated heterocycles. The summed E-state index contributed by atoms with van der Waals surface area (Å²) in [4.78, 5) is 14.4. The SMILES string of the molecule is COc1ccc(CN2CC[C@H](O)[C@](CCCc3ccccc3)(C(=O)O)C2)c(C)c1. The Morgan fingerprint density at radius 2 is 2.00 bits per heavy atom. The smallest absolute Gasteiger partial charge is 0.313 e. The van der Waals surface area contributed by atoms with Crippen LogP contribution in [0.15, 0.2) is 48.5 Å². The van der Waals surface area contributed by atoms with Gasteiger partial charge in [0.25, 0.3) is 0 Å². The molecule has 5 heteroatoms. The van der Waals surface area contributed by atoms with Gasteiger partial charge in [-0.1, -0.05) is 36.4 Å². The van der Waals surface area contributed by atoms with E-state index in [0.717, 1.165) is 29.7 Å². The maximum atomic E-state index is 12.3. The molecule has 156 valence electrons. The molecule has 3 rings (SSSR count). The molecule has 2 aromatic carbocycles. The summed E-state index contributed by atoms with van der Waals surface area (Å²) in [6.45, 7) is 3.78. The van der Waals surface area contributed by atoms with E-state index in [1.807, 2.05) is 43.3 Å². The number of aliphatic hydroxyl groups is 1. The Kier molecular flexibility index (Phi) is 6.93. The van der Waals surface area contributed by atoms with Crippen molar-refractivity contribution in [2.24, 2.45) is 5.41 Å². The molecule has 1 fully saturated rings. The third-order valence-electron chi connectivity index (χ3n) is 6.16. The Morgan fingerprint density at radius 1 is 1.24 bits per heavy atom. The highest BCUT2D eigenvalue weighted by Crippen LogP contribution is 2.37. The molecule has 1 heterocycles. The summed E-state index contributed by atoms with van der Waals surface area (Å²) in [7, 11) is 1.65. The first-order valence-corrected chi connectivity index (χ1v) is 10.3. The molecular formula is C24H31NO4. The number of carbonyl (C=O) groups is 1. The van der Waals surface area contributed by atoms with Gasteiger partial charge in [-0.25, -0.2) is 0 Å². The van der Waals surface area contributed by atoms with Crippen LogP contribution < -0.4 is 4.74 Å². The molecule has 2 N–H and O–H groups in total. The molecule has 0 radical (unpaired) electrons. The van der Waals surface area contributed by atoms with Crippen LogP contribution in [0.1, 0.15) is 36.0 Å². The third kappa shape index (κ3) is 4.98. The minimum absolute atomic E-state index is 0.365. The van der Waals surface area contributed by atoms with Crippen LogP contribution in [0.2, 0.25) is 0 Å². The van der Waals surface area contributed by atoms with Crippen molar-refractivity contribution in [3.63, 3.8) is 0 Å². The Hall–Kier alpha value is -2.37. The van der Waals surface area contributed by atoms with Gasteiger partial charge in [0.15, 0.2) is 0 Å². The molecule has 0 spiro atoms. The van der Waals surface area contributed by atoms with Crippen LogP contribution in [-0.4, -0.2) is 47.4 Å². The average molecular weight is 398 g/mol. The molecule has 0 saturated carbocycles. The third-order valence-corrected chi connectivity index (χ3v) is 6.16. The monoisotopic (exact) mass is 397 g/mol. The number of aliphatic carboxylic acids is 1. The van der Waals surface area contributed by atoms with Gasteiger partial charge in [0.1, 0.15) is 11.2 Å². The summed E-state index contributed by atoms with van der Waals surface area (Å²) in [5.41, 5.74) is 2.36. The van der Waals surface area contributed by atoms with Crippen molar-refractivity contribution in [2.75, 3.05) is 20.2 Å². The van der Waals surface area contributed by atoms with Crippen LogP contribution in [0.25, 0.3) is 0 Å². The fourth-order valence-corrected chi connectivity index (χ4v) is 4.33. The number of ether oxygens (including phenoxy) is 1. The molecule has 2 atom stereocenters. The van der Waals surface area contributed by atoms with Gasteiger partial charge >= 0.3 is 5.97 Å². The largest absolute Gasteiger partial charge is 0.497 e. The number of carboxylic acids is 1. The van der Waals surface area contributed by atoms with Crippen molar-refractivity contribution in [3.8, 4) is 5.75 Å². The van der Waals surface area contributed by atoms with Gasteiger partial charge in [-0.3, -0.25) is 9.69 Å². The van der Waals surface area contributed by atoms with Crippen LogP contribution in [0, 0.1) is 12.3 Å². The number of rotatable bonds is 8. The van der Waals surface area contributed by atoms with E-state index in [4.69, 9.17) is 4.74 Å². The molecule has 0 aromatic heterocycles. The van der Waals surface area contributed by atoms with E-state index in [9.17, 15) is 15.0 Å². The Bertz CT molecular complexity index is 823. The normalized spacial score (nSPS) is 22.4. The van der Waals surface area contributed by atoms with E-state index in [1.165, 1.54) is 5.56 Å². The van der Waals surface area contributed by atoms with E-state index < -0.39 is 17.5 Å². The molecule has 0 aliphatic carbocycles. The zero-order chi connectivity index (χ0) is 20.9. The van der Waals surface area contributed by atoms with Gasteiger partial charge in [0.2, 0.25) is 0 Å². The van der Waals surface area contributed by atoms with Crippen molar-refractivity contribution < 1.29 is 19.7 Å². The maximum Gasteiger partial charge on any atom is 0.313 e. The van der Waals surface area contributed by atoms with E-state index in [1.54, 1.807) is 7.11 Å². The van der Waals surface area contributed by atoms with Crippen LogP contribution in [0.5, 0.6) is 5.75 Å². The van der Waals surface area contributed by atoms with Crippen molar-refractivity contribution in [1.82, 2.24) is 4.90 Å². The minimum atomic E-state index is -1.12. The Balaban J connectivity index is 1.70. The molecule has 5 nitrogen and oxygen atoms in total. The summed E-state index contributed by atoms with van der Waals surface area (Å²) >= 11 is 0. The lowest BCUT2D eigenvalue weighted by molar-refractivity contribution is -0.164. The first-order valence-electron chi connectivity index (χ1n) is 10.3. The second-order valence-electron chi connectivity index (χ2n) is 8.11. The average Bonchev–Trinajstić information content (AvgIpc) is 2.72. The first-order chi connectivity index (χ1) is 13.9. The van der Waals surface area contributed by atoms with Gasteiger partial charge in [-0.05, 0) is 61.4 Å². The van der Waals surface area contributed by atoms with Crippen molar-refractivity contribution in [3.05, 3.63) is 65.2 Å². The number of nitrogens with zero attached hydrogens (tertiary/aromatic N) is 1. The number of carboxylic acid groups (broad SMARTS) is 1. The van der Waals surface area contributed by atoms with E-state index in [-0.39, 0.29) is 0 Å². The van der Waals surface area contributed by atoms with Crippen LogP contribution in [0.3, 0.4) is 0 Å². The number of aliphatic hydroxyl groups excluding tert-OH is 1. The van der Waals surface area contributed by atoms with Gasteiger partial charge in [-0.15, -0.1) is 0 Å². The molecule has 1 aliphatic heterocycles. The molecule has 0 unspecified atom stereocenters. The number of hydrogen-bond acceptors (Lipinski definition) is 4. The highest BCUT2D eigenvalue weighted by Gasteiger charge is 2.48. The Morgan fingerprint density at radius 3 is 2.66 bits per heavy atom. The summed E-state index contributed by atoms with van der Waals surface area (Å²) in [6, 6.07) is 16.1. The second kappa shape index (κ2) is 9.42. The second-order valence-corrected chi connectivity index (χ2v) is 8.11. The lowest BCUT2D eigenvalue weighted by Gasteiger charge is -2.43. The van der Waals surface area contributed by atoms with Crippen molar-refractivity contribution in [2.45, 2.75) is 45.3 Å². The zero-order valence-electron chi connectivity index (χ0n) is 17.3. The highest BCUT2D eigenvalue weighted by molar-refractivity contribution is 5.76. The lowest BCUT2D eigenvalue weighted by atomic mass is 9.73. The predicted molar refractivity (Wildman–Crippen MR) is 113 cm³/mol. The predicted octanol–water partition coefficient (Wildman–Crippen LogP) is 3.66. The fourth-order valence-electron chi connectivity index (χ4n) is 4.33. The lowest BCUT2D eigenvalue weighted by Crippen LogP contribution is -2.55. The fraction of sp³-hybridized carbons (Fsp3) is 0.458. The quantitative estimate of drug-likeness (QED) is 0.711. The molecule has 1 aliphatic rings. The molecular weight excluding hydrogens is 366 g/mol. The van der Waals surface area contributed by atoms with Crippen molar-refractivity contribution in [1.29, 1.82) is 0 Å². The van der Waals surface area contributed by atoms with Gasteiger partial charge in [0.05, 0.1) is 13.2 Å². The number of hydrogen-bond donors (Lipinski definition) is 2. The van der Waals surface area contributed by atoms with Crippen LogP contribution >= 0.6 is 0 Å². The van der Waals surface area contributed by atoms with Crippen LogP contribution in [-0.2, 0) is 17.8 Å². The van der Waals surface area contributed by atoms with E-state index in [2.05, 4.69) is 17.0 Å². The van der Waals surface area contributed by atoms with Crippen molar-refractivity contribution >= 4 is 5.97 Å². The molecule has 0 bridgehead atoms. The number of methoxy groups -OCH3 is 1. The molecule has 2 aromatic rings. The summed E-state index contributed by atoms with van der Waals surface area (Å²) in [6.07, 6.45) is 1.69. The summed E-state index contributed by atoms with van der Waals surface area (Å²) in [5, 5.41) is 20.7. The number of likely N-dealkylation sites (tertiary alicyclic amines) is 1. The summed E-state index contributed by atoms with van der Waals surface area (Å²) in [5.74, 6) is -0.0738. The topological polar surface area (TPSA) is 70.0 Å². The Labute approximate surface area is 172 Å². The molecule has 29 heavy (non-hydrogen) atoms. The zero-order valence-corrected chi connectivity index (χ0v) is 17.3. The van der Waals surface area contributed by atoms with Gasteiger partial charge in [-0.2, -0.15) is 0 Å². The van der Waals surface area contributed by atoms with Crippen LogP contribution in [0.4, 0.5) is 0 Å².